The topological polar surface area (TPSA) is 71.3 Å². The van der Waals surface area contributed by atoms with Crippen LogP contribution in [0.25, 0.3) is 0 Å². The summed E-state index contributed by atoms with van der Waals surface area (Å²) in [5, 5.41) is 5.60. The van der Waals surface area contributed by atoms with E-state index in [-0.39, 0.29) is 24.9 Å². The van der Waals surface area contributed by atoms with Gasteiger partial charge in [0.1, 0.15) is 0 Å². The third-order valence-electron chi connectivity index (χ3n) is 2.06. The Morgan fingerprint density at radius 3 is 2.92 bits per heavy atom. The average molecular weight is 169 g/mol. The molecular weight excluding hydrogens is 158 g/mol. The summed E-state index contributed by atoms with van der Waals surface area (Å²) in [4.78, 5) is 23.7. The van der Waals surface area contributed by atoms with Crippen LogP contribution in [0.4, 0.5) is 0 Å². The number of hydrogen-bond donors (Lipinski definition) is 2. The highest BCUT2D eigenvalue weighted by molar-refractivity contribution is 5.92. The number of carbonyl (C=O) groups excluding carboxylic acids is 2. The second kappa shape index (κ2) is 2.75. The van der Waals surface area contributed by atoms with E-state index in [1.807, 2.05) is 0 Å². The van der Waals surface area contributed by atoms with Crippen molar-refractivity contribution in [3.05, 3.63) is 0 Å². The minimum atomic E-state index is -0.0600. The van der Waals surface area contributed by atoms with E-state index < -0.39 is 0 Å². The maximum Gasteiger partial charge on any atom is 0.242 e. The van der Waals surface area contributed by atoms with E-state index in [0.29, 0.717) is 12.6 Å². The minimum absolute atomic E-state index is 0.0169. The predicted octanol–water partition coefficient (Wildman–Crippen LogP) is -2.08. The summed E-state index contributed by atoms with van der Waals surface area (Å²) in [5.74, 6) is -0.0430. The zero-order valence-corrected chi connectivity index (χ0v) is 6.67. The van der Waals surface area contributed by atoms with Gasteiger partial charge in [-0.25, -0.2) is 0 Å². The zero-order valence-electron chi connectivity index (χ0n) is 6.67. The second-order valence-corrected chi connectivity index (χ2v) is 3.16. The van der Waals surface area contributed by atoms with Gasteiger partial charge in [0.15, 0.2) is 0 Å². The molecule has 2 aliphatic heterocycles. The van der Waals surface area contributed by atoms with Crippen LogP contribution in [0, 0.1) is 0 Å². The minimum Gasteiger partial charge on any atom is -0.345 e. The molecule has 1 atom stereocenters. The normalized spacial score (nSPS) is 28.7. The van der Waals surface area contributed by atoms with Gasteiger partial charge in [-0.05, 0) is 0 Å². The van der Waals surface area contributed by atoms with Crippen molar-refractivity contribution in [2.24, 2.45) is 0 Å². The van der Waals surface area contributed by atoms with Gasteiger partial charge in [-0.15, -0.1) is 0 Å². The lowest BCUT2D eigenvalue weighted by Gasteiger charge is -2.25. The summed E-state index contributed by atoms with van der Waals surface area (Å²) >= 11 is 0. The van der Waals surface area contributed by atoms with Crippen LogP contribution in [0.5, 0.6) is 0 Å². The highest BCUT2D eigenvalue weighted by Crippen LogP contribution is 2.03. The standard InChI is InChI=1S/C7H11N3O2/c11-6-4-10(3-5-1-8-5)7(12)2-9-6/h5,8H,1-4H2,(H,9,11). The zero-order chi connectivity index (χ0) is 8.55. The Morgan fingerprint density at radius 2 is 2.25 bits per heavy atom. The SMILES string of the molecule is O=C1CN(CC2CN2)C(=O)CN1. The van der Waals surface area contributed by atoms with E-state index in [9.17, 15) is 9.59 Å². The lowest BCUT2D eigenvalue weighted by atomic mass is 10.3. The van der Waals surface area contributed by atoms with E-state index in [1.54, 1.807) is 4.90 Å². The summed E-state index contributed by atoms with van der Waals surface area (Å²) in [5.41, 5.74) is 0. The summed E-state index contributed by atoms with van der Waals surface area (Å²) in [6.07, 6.45) is 0. The smallest absolute Gasteiger partial charge is 0.242 e. The molecule has 2 saturated heterocycles. The molecule has 0 aromatic heterocycles. The van der Waals surface area contributed by atoms with Crippen molar-refractivity contribution in [2.75, 3.05) is 26.2 Å². The van der Waals surface area contributed by atoms with Gasteiger partial charge in [0.2, 0.25) is 11.8 Å². The Hall–Kier alpha value is -1.10. The van der Waals surface area contributed by atoms with Crippen molar-refractivity contribution in [3.8, 4) is 0 Å². The number of rotatable bonds is 2. The molecule has 1 unspecified atom stereocenters. The molecule has 0 aromatic carbocycles. The number of nitrogens with zero attached hydrogens (tertiary/aromatic N) is 1. The molecule has 2 fully saturated rings. The van der Waals surface area contributed by atoms with Crippen molar-refractivity contribution in [1.29, 1.82) is 0 Å². The second-order valence-electron chi connectivity index (χ2n) is 3.16. The molecule has 12 heavy (non-hydrogen) atoms. The molecule has 5 nitrogen and oxygen atoms in total. The van der Waals surface area contributed by atoms with Crippen LogP contribution in [0.2, 0.25) is 0 Å². The van der Waals surface area contributed by atoms with Crippen molar-refractivity contribution in [2.45, 2.75) is 6.04 Å². The lowest BCUT2D eigenvalue weighted by molar-refractivity contribution is -0.140. The maximum absolute atomic E-state index is 11.2. The number of nitrogens with one attached hydrogen (secondary N) is 2. The molecule has 2 rings (SSSR count). The predicted molar refractivity (Wildman–Crippen MR) is 41.4 cm³/mol. The molecule has 0 aliphatic carbocycles. The highest BCUT2D eigenvalue weighted by Gasteiger charge is 2.29. The fourth-order valence-electron chi connectivity index (χ4n) is 1.25. The van der Waals surface area contributed by atoms with Gasteiger partial charge in [-0.1, -0.05) is 0 Å². The third kappa shape index (κ3) is 1.55. The molecule has 0 saturated carbocycles. The number of piperazine rings is 1. The Labute approximate surface area is 70.1 Å². The fourth-order valence-corrected chi connectivity index (χ4v) is 1.25. The fraction of sp³-hybridized carbons (Fsp3) is 0.714. The molecule has 0 aromatic rings. The molecule has 0 spiro atoms. The van der Waals surface area contributed by atoms with Crippen molar-refractivity contribution >= 4 is 11.8 Å². The van der Waals surface area contributed by atoms with Crippen LogP contribution in [0.15, 0.2) is 0 Å². The van der Waals surface area contributed by atoms with Gasteiger partial charge in [-0.2, -0.15) is 0 Å². The molecule has 2 amide bonds. The molecule has 2 N–H and O–H groups in total. The van der Waals surface area contributed by atoms with E-state index in [4.69, 9.17) is 0 Å². The van der Waals surface area contributed by atoms with Gasteiger partial charge in [-0.3, -0.25) is 9.59 Å². The van der Waals surface area contributed by atoms with E-state index in [1.165, 1.54) is 0 Å². The molecule has 66 valence electrons. The van der Waals surface area contributed by atoms with Crippen LogP contribution in [-0.4, -0.2) is 48.9 Å². The quantitative estimate of drug-likeness (QED) is 0.466. The van der Waals surface area contributed by atoms with Gasteiger partial charge >= 0.3 is 0 Å². The first-order valence-corrected chi connectivity index (χ1v) is 4.03. The molecule has 0 bridgehead atoms. The summed E-state index contributed by atoms with van der Waals surface area (Å²) < 4.78 is 0. The number of carbonyl (C=O) groups is 2. The largest absolute Gasteiger partial charge is 0.345 e. The van der Waals surface area contributed by atoms with E-state index >= 15 is 0 Å². The maximum atomic E-state index is 11.2. The molecule has 2 aliphatic rings. The first-order chi connectivity index (χ1) is 5.75. The first-order valence-electron chi connectivity index (χ1n) is 4.03. The van der Waals surface area contributed by atoms with Crippen molar-refractivity contribution in [3.63, 3.8) is 0 Å². The lowest BCUT2D eigenvalue weighted by Crippen LogP contribution is -2.52. The third-order valence-corrected chi connectivity index (χ3v) is 2.06. The van der Waals surface area contributed by atoms with Crippen LogP contribution in [-0.2, 0) is 9.59 Å². The summed E-state index contributed by atoms with van der Waals surface area (Å²) in [6.45, 7) is 2.01. The van der Waals surface area contributed by atoms with Gasteiger partial charge in [0.25, 0.3) is 0 Å². The Bertz CT molecular complexity index is 225. The van der Waals surface area contributed by atoms with Crippen LogP contribution < -0.4 is 10.6 Å². The monoisotopic (exact) mass is 169 g/mol. The average Bonchev–Trinajstić information content (AvgIpc) is 2.81. The van der Waals surface area contributed by atoms with Crippen LogP contribution in [0.3, 0.4) is 0 Å². The van der Waals surface area contributed by atoms with Crippen LogP contribution in [0.1, 0.15) is 0 Å². The van der Waals surface area contributed by atoms with E-state index in [2.05, 4.69) is 10.6 Å². The summed E-state index contributed by atoms with van der Waals surface area (Å²) in [7, 11) is 0. The van der Waals surface area contributed by atoms with E-state index in [0.717, 1.165) is 6.54 Å². The molecular formula is C7H11N3O2. The van der Waals surface area contributed by atoms with Gasteiger partial charge < -0.3 is 15.5 Å². The number of amides is 2. The van der Waals surface area contributed by atoms with Gasteiger partial charge in [0, 0.05) is 19.1 Å². The number of hydrogen-bond acceptors (Lipinski definition) is 3. The molecule has 2 heterocycles. The van der Waals surface area contributed by atoms with Crippen molar-refractivity contribution < 1.29 is 9.59 Å². The molecule has 5 heteroatoms. The van der Waals surface area contributed by atoms with Gasteiger partial charge in [0.05, 0.1) is 13.1 Å². The van der Waals surface area contributed by atoms with Crippen LogP contribution >= 0.6 is 0 Å². The molecule has 0 radical (unpaired) electrons. The highest BCUT2D eigenvalue weighted by atomic mass is 16.2. The first kappa shape index (κ1) is 7.54. The Balaban J connectivity index is 1.91. The Kier molecular flexibility index (Phi) is 1.73. The summed E-state index contributed by atoms with van der Waals surface area (Å²) in [6, 6.07) is 0.417. The van der Waals surface area contributed by atoms with Crippen molar-refractivity contribution in [1.82, 2.24) is 15.5 Å². The Morgan fingerprint density at radius 1 is 1.50 bits per heavy atom.